The van der Waals surface area contributed by atoms with E-state index in [2.05, 4.69) is 62.2 Å². The van der Waals surface area contributed by atoms with Crippen molar-refractivity contribution in [2.45, 2.75) is 68.1 Å². The number of hydrogen-bond acceptors (Lipinski definition) is 11. The molecule has 13 heteroatoms. The van der Waals surface area contributed by atoms with Crippen LogP contribution in [0.25, 0.3) is 11.2 Å². The zero-order valence-electron chi connectivity index (χ0n) is 19.8. The van der Waals surface area contributed by atoms with Gasteiger partial charge in [0.05, 0.1) is 18.7 Å². The van der Waals surface area contributed by atoms with Gasteiger partial charge in [-0.15, -0.1) is 15.3 Å². The average molecular weight is 509 g/mol. The summed E-state index contributed by atoms with van der Waals surface area (Å²) in [6.07, 6.45) is 1.87. The largest absolute Gasteiger partial charge is 0.390 e. The monoisotopic (exact) mass is 508 g/mol. The number of fused-ring (bicyclic) bond motifs is 1. The zero-order valence-corrected chi connectivity index (χ0v) is 20.6. The van der Waals surface area contributed by atoms with Crippen LogP contribution in [0.3, 0.4) is 0 Å². The minimum absolute atomic E-state index is 0.259. The Hall–Kier alpha value is -3.16. The number of aliphatic hydroxyl groups excluding tert-OH is 2. The summed E-state index contributed by atoms with van der Waals surface area (Å²) in [5.41, 5.74) is 2.43. The predicted molar refractivity (Wildman–Crippen MR) is 132 cm³/mol. The molecule has 0 bridgehead atoms. The van der Waals surface area contributed by atoms with Gasteiger partial charge in [0.1, 0.15) is 6.10 Å². The number of anilines is 1. The summed E-state index contributed by atoms with van der Waals surface area (Å²) < 4.78 is 1.64. The van der Waals surface area contributed by atoms with Crippen molar-refractivity contribution in [3.05, 3.63) is 42.2 Å². The highest BCUT2D eigenvalue weighted by molar-refractivity contribution is 7.99. The third-order valence-corrected chi connectivity index (χ3v) is 8.01. The molecule has 188 valence electrons. The van der Waals surface area contributed by atoms with E-state index >= 15 is 0 Å². The maximum absolute atomic E-state index is 10.9. The van der Waals surface area contributed by atoms with Gasteiger partial charge in [-0.1, -0.05) is 54.2 Å². The first-order chi connectivity index (χ1) is 17.6. The minimum atomic E-state index is -1.02. The lowest BCUT2D eigenvalue weighted by molar-refractivity contribution is 0.000836. The molecule has 6 atom stereocenters. The molecule has 3 N–H and O–H groups in total. The van der Waals surface area contributed by atoms with Crippen molar-refractivity contribution in [2.75, 3.05) is 11.1 Å². The number of aliphatic hydroxyl groups is 2. The zero-order chi connectivity index (χ0) is 24.6. The minimum Gasteiger partial charge on any atom is -0.390 e. The van der Waals surface area contributed by atoms with Crippen LogP contribution < -0.4 is 5.32 Å². The first kappa shape index (κ1) is 23.3. The van der Waals surface area contributed by atoms with Crippen LogP contribution in [-0.2, 0) is 6.54 Å². The molecule has 0 spiro atoms. The quantitative estimate of drug-likeness (QED) is 0.223. The van der Waals surface area contributed by atoms with Crippen molar-refractivity contribution in [3.63, 3.8) is 0 Å². The molecule has 0 radical (unpaired) electrons. The summed E-state index contributed by atoms with van der Waals surface area (Å²) in [7, 11) is 0. The second kappa shape index (κ2) is 9.71. The van der Waals surface area contributed by atoms with Gasteiger partial charge >= 0.3 is 0 Å². The third-order valence-electron chi connectivity index (χ3n) is 6.95. The molecule has 3 heterocycles. The smallest absolute Gasteiger partial charge is 0.191 e. The van der Waals surface area contributed by atoms with Gasteiger partial charge in [-0.3, -0.25) is 0 Å². The van der Waals surface area contributed by atoms with Crippen molar-refractivity contribution in [2.24, 2.45) is 5.92 Å². The second-order valence-corrected chi connectivity index (χ2v) is 10.5. The van der Waals surface area contributed by atoms with Crippen LogP contribution in [0.4, 0.5) is 5.82 Å². The fraction of sp³-hybridized carbons (Fsp3) is 0.522. The van der Waals surface area contributed by atoms with E-state index in [4.69, 9.17) is 9.97 Å². The van der Waals surface area contributed by atoms with Crippen molar-refractivity contribution < 1.29 is 10.2 Å². The van der Waals surface area contributed by atoms with E-state index in [9.17, 15) is 10.2 Å². The number of benzene rings is 1. The summed E-state index contributed by atoms with van der Waals surface area (Å²) in [4.78, 5) is 11.0. The summed E-state index contributed by atoms with van der Waals surface area (Å²) in [6, 6.07) is 10.2. The second-order valence-electron chi connectivity index (χ2n) is 9.45. The molecule has 2 fully saturated rings. The molecule has 3 aromatic heterocycles. The van der Waals surface area contributed by atoms with E-state index in [0.717, 1.165) is 18.6 Å². The highest BCUT2D eigenvalue weighted by Crippen LogP contribution is 2.43. The Kier molecular flexibility index (Phi) is 6.27. The third kappa shape index (κ3) is 4.42. The molecule has 2 unspecified atom stereocenters. The van der Waals surface area contributed by atoms with Crippen molar-refractivity contribution in [1.29, 1.82) is 0 Å². The van der Waals surface area contributed by atoms with Gasteiger partial charge in [0.15, 0.2) is 28.5 Å². The molecule has 0 saturated heterocycles. The van der Waals surface area contributed by atoms with Crippen molar-refractivity contribution in [3.8, 4) is 0 Å². The SMILES string of the molecule is CCCSc1nc(NC2CC2c2ccccc2)c2nnn([C@@H]3C[C@H](Cn4ncnn4)[C@@H](O)[C@H]3O)c2n1. The molecule has 36 heavy (non-hydrogen) atoms. The van der Waals surface area contributed by atoms with E-state index in [0.29, 0.717) is 41.0 Å². The Morgan fingerprint density at radius 1 is 1.08 bits per heavy atom. The molecule has 0 aliphatic heterocycles. The van der Waals surface area contributed by atoms with Gasteiger partial charge in [-0.25, -0.2) is 14.6 Å². The fourth-order valence-corrected chi connectivity index (χ4v) is 5.69. The highest BCUT2D eigenvalue weighted by Gasteiger charge is 2.44. The Labute approximate surface area is 211 Å². The first-order valence-corrected chi connectivity index (χ1v) is 13.2. The molecular weight excluding hydrogens is 480 g/mol. The van der Waals surface area contributed by atoms with E-state index in [1.54, 1.807) is 16.4 Å². The summed E-state index contributed by atoms with van der Waals surface area (Å²) in [5, 5.41) is 46.3. The van der Waals surface area contributed by atoms with Crippen LogP contribution in [0.2, 0.25) is 0 Å². The predicted octanol–water partition coefficient (Wildman–Crippen LogP) is 1.66. The number of thioether (sulfide) groups is 1. The number of nitrogens with zero attached hydrogens (tertiary/aromatic N) is 9. The lowest BCUT2D eigenvalue weighted by Gasteiger charge is -2.17. The van der Waals surface area contributed by atoms with Crippen LogP contribution >= 0.6 is 11.8 Å². The Balaban J connectivity index is 1.29. The van der Waals surface area contributed by atoms with Gasteiger partial charge in [0.2, 0.25) is 0 Å². The van der Waals surface area contributed by atoms with Crippen LogP contribution in [0.15, 0.2) is 41.8 Å². The van der Waals surface area contributed by atoms with E-state index in [-0.39, 0.29) is 12.0 Å². The van der Waals surface area contributed by atoms with Crippen molar-refractivity contribution >= 4 is 28.7 Å². The standard InChI is InChI=1S/C23H28N10O2S/c1-2-8-36-23-27-21(26-16-10-15(16)13-6-4-3-5-7-13)18-22(28-23)33(31-29-18)17-9-14(19(34)20(17)35)11-32-25-12-24-30-32/h3-7,12,14-17,19-20,34-35H,2,8-11H2,1H3,(H,26,27,28)/t14-,15?,16?,17-,19-,20+/m1/s1. The Morgan fingerprint density at radius 3 is 2.72 bits per heavy atom. The molecular formula is C23H28N10O2S. The van der Waals surface area contributed by atoms with E-state index in [1.807, 2.05) is 6.07 Å². The van der Waals surface area contributed by atoms with E-state index in [1.165, 1.54) is 16.7 Å². The number of rotatable bonds is 9. The Bertz CT molecular complexity index is 1320. The molecule has 2 aliphatic rings. The number of aromatic nitrogens is 9. The van der Waals surface area contributed by atoms with Gasteiger partial charge in [-0.2, -0.15) is 4.80 Å². The Morgan fingerprint density at radius 2 is 1.94 bits per heavy atom. The number of nitrogens with one attached hydrogen (secondary N) is 1. The molecule has 2 aliphatic carbocycles. The molecule has 1 aromatic carbocycles. The maximum atomic E-state index is 10.9. The highest BCUT2D eigenvalue weighted by atomic mass is 32.2. The van der Waals surface area contributed by atoms with Gasteiger partial charge in [0, 0.05) is 23.6 Å². The fourth-order valence-electron chi connectivity index (χ4n) is 5.00. The molecule has 6 rings (SSSR count). The van der Waals surface area contributed by atoms with Crippen molar-refractivity contribution in [1.82, 2.24) is 45.2 Å². The lowest BCUT2D eigenvalue weighted by atomic mass is 10.1. The first-order valence-electron chi connectivity index (χ1n) is 12.3. The lowest BCUT2D eigenvalue weighted by Crippen LogP contribution is -2.31. The normalized spacial score (nSPS) is 27.5. The molecule has 12 nitrogen and oxygen atoms in total. The average Bonchev–Trinajstić information content (AvgIpc) is 3.19. The number of hydrogen-bond donors (Lipinski definition) is 3. The van der Waals surface area contributed by atoms with Crippen LogP contribution in [0.1, 0.15) is 43.7 Å². The van der Waals surface area contributed by atoms with Crippen LogP contribution in [0, 0.1) is 5.92 Å². The summed E-state index contributed by atoms with van der Waals surface area (Å²) in [6.45, 7) is 2.47. The van der Waals surface area contributed by atoms with Gasteiger partial charge < -0.3 is 15.5 Å². The summed E-state index contributed by atoms with van der Waals surface area (Å²) in [5.74, 6) is 1.71. The molecule has 2 saturated carbocycles. The topological polar surface area (TPSA) is 153 Å². The van der Waals surface area contributed by atoms with E-state index < -0.39 is 18.2 Å². The van der Waals surface area contributed by atoms with Crippen LogP contribution in [-0.4, -0.2) is 79.4 Å². The maximum Gasteiger partial charge on any atom is 0.191 e. The number of tetrazole rings is 1. The van der Waals surface area contributed by atoms with Gasteiger partial charge in [-0.05, 0) is 30.0 Å². The van der Waals surface area contributed by atoms with Gasteiger partial charge in [0.25, 0.3) is 0 Å². The molecule has 0 amide bonds. The summed E-state index contributed by atoms with van der Waals surface area (Å²) >= 11 is 1.58. The molecule has 4 aromatic rings. The van der Waals surface area contributed by atoms with Crippen LogP contribution in [0.5, 0.6) is 0 Å².